The minimum absolute atomic E-state index is 0.210. The Morgan fingerprint density at radius 2 is 2.11 bits per heavy atom. The summed E-state index contributed by atoms with van der Waals surface area (Å²) < 4.78 is 12.5. The van der Waals surface area contributed by atoms with Crippen LogP contribution in [0.5, 0.6) is 5.75 Å². The molecule has 0 unspecified atom stereocenters. The van der Waals surface area contributed by atoms with Gasteiger partial charge in [0, 0.05) is 19.4 Å². The number of nitrogens with zero attached hydrogens (tertiary/aromatic N) is 3. The number of carbonyl (C=O) groups is 1. The van der Waals surface area contributed by atoms with E-state index in [0.29, 0.717) is 34.0 Å². The average Bonchev–Trinajstić information content (AvgIpc) is 3.21. The third-order valence-electron chi connectivity index (χ3n) is 4.18. The Hall–Kier alpha value is -2.91. The van der Waals surface area contributed by atoms with Crippen molar-refractivity contribution in [1.29, 1.82) is 0 Å². The van der Waals surface area contributed by atoms with Crippen molar-refractivity contribution in [3.05, 3.63) is 41.7 Å². The molecule has 0 aliphatic carbocycles. The standard InChI is InChI=1S/C18H22N4O5/c1-11-19-7-13(27-11)8-26-12-4-5-15-14(6-12)16(22(3)21-15)17(25)20-18(2,9-23)10-24/h4-7,23-24H,8-10H2,1-3H3,(H,20,25). The maximum Gasteiger partial charge on any atom is 0.270 e. The van der Waals surface area contributed by atoms with Gasteiger partial charge in [0.2, 0.25) is 0 Å². The van der Waals surface area contributed by atoms with Gasteiger partial charge in [-0.1, -0.05) is 0 Å². The van der Waals surface area contributed by atoms with Gasteiger partial charge in [0.15, 0.2) is 11.7 Å². The van der Waals surface area contributed by atoms with Gasteiger partial charge in [-0.15, -0.1) is 0 Å². The van der Waals surface area contributed by atoms with Crippen molar-refractivity contribution in [2.75, 3.05) is 13.2 Å². The van der Waals surface area contributed by atoms with Gasteiger partial charge in [0.1, 0.15) is 18.1 Å². The molecule has 0 spiro atoms. The molecule has 0 saturated carbocycles. The highest BCUT2D eigenvalue weighted by Crippen LogP contribution is 2.24. The quantitative estimate of drug-likeness (QED) is 0.562. The van der Waals surface area contributed by atoms with Crippen LogP contribution in [0.4, 0.5) is 0 Å². The molecule has 1 aromatic carbocycles. The smallest absolute Gasteiger partial charge is 0.270 e. The molecule has 9 heteroatoms. The molecule has 0 atom stereocenters. The van der Waals surface area contributed by atoms with Crippen LogP contribution in [0.3, 0.4) is 0 Å². The van der Waals surface area contributed by atoms with E-state index in [1.165, 1.54) is 4.68 Å². The number of hydrogen-bond acceptors (Lipinski definition) is 7. The SMILES string of the molecule is Cc1ncc(COc2ccc3nn(C)c(C(=O)NC(C)(CO)CO)c3c2)o1. The summed E-state index contributed by atoms with van der Waals surface area (Å²) >= 11 is 0. The predicted molar refractivity (Wildman–Crippen MR) is 96.3 cm³/mol. The molecule has 3 N–H and O–H groups in total. The summed E-state index contributed by atoms with van der Waals surface area (Å²) in [7, 11) is 1.65. The second-order valence-electron chi connectivity index (χ2n) is 6.62. The highest BCUT2D eigenvalue weighted by molar-refractivity contribution is 6.05. The molecule has 3 aromatic rings. The Morgan fingerprint density at radius 1 is 1.37 bits per heavy atom. The van der Waals surface area contributed by atoms with Crippen molar-refractivity contribution in [1.82, 2.24) is 20.1 Å². The third-order valence-corrected chi connectivity index (χ3v) is 4.18. The molecular weight excluding hydrogens is 352 g/mol. The summed E-state index contributed by atoms with van der Waals surface area (Å²) in [5, 5.41) is 26.4. The summed E-state index contributed by atoms with van der Waals surface area (Å²) in [5.74, 6) is 1.25. The number of rotatable bonds is 7. The zero-order valence-electron chi connectivity index (χ0n) is 15.4. The van der Waals surface area contributed by atoms with Crippen molar-refractivity contribution in [2.24, 2.45) is 7.05 Å². The van der Waals surface area contributed by atoms with E-state index in [2.05, 4.69) is 15.4 Å². The topological polar surface area (TPSA) is 123 Å². The minimum Gasteiger partial charge on any atom is -0.486 e. The molecule has 0 bridgehead atoms. The Balaban J connectivity index is 1.86. The second kappa shape index (κ2) is 7.37. The van der Waals surface area contributed by atoms with Crippen LogP contribution in [0, 0.1) is 6.92 Å². The molecule has 9 nitrogen and oxygen atoms in total. The van der Waals surface area contributed by atoms with Gasteiger partial charge in [-0.2, -0.15) is 5.10 Å². The molecule has 0 radical (unpaired) electrons. The number of aryl methyl sites for hydroxylation is 2. The lowest BCUT2D eigenvalue weighted by molar-refractivity contribution is 0.0717. The van der Waals surface area contributed by atoms with Gasteiger partial charge in [-0.3, -0.25) is 9.48 Å². The normalized spacial score (nSPS) is 11.7. The monoisotopic (exact) mass is 374 g/mol. The molecule has 0 aliphatic rings. The first-order valence-electron chi connectivity index (χ1n) is 8.40. The molecule has 0 fully saturated rings. The molecule has 1 amide bonds. The Kier molecular flexibility index (Phi) is 5.15. The van der Waals surface area contributed by atoms with Crippen molar-refractivity contribution >= 4 is 16.8 Å². The number of oxazole rings is 1. The number of amides is 1. The molecule has 2 aromatic heterocycles. The lowest BCUT2D eigenvalue weighted by Crippen LogP contribution is -2.52. The van der Waals surface area contributed by atoms with Crippen molar-refractivity contribution in [3.8, 4) is 5.75 Å². The van der Waals surface area contributed by atoms with Crippen LogP contribution < -0.4 is 10.1 Å². The van der Waals surface area contributed by atoms with Gasteiger partial charge in [-0.05, 0) is 25.1 Å². The number of aromatic nitrogens is 3. The molecule has 0 saturated heterocycles. The second-order valence-corrected chi connectivity index (χ2v) is 6.62. The summed E-state index contributed by atoms with van der Waals surface area (Å²) in [6, 6.07) is 5.23. The maximum absolute atomic E-state index is 12.7. The molecular formula is C18H22N4O5. The van der Waals surface area contributed by atoms with E-state index >= 15 is 0 Å². The van der Waals surface area contributed by atoms with Crippen molar-refractivity contribution in [2.45, 2.75) is 26.0 Å². The first-order valence-corrected chi connectivity index (χ1v) is 8.40. The molecule has 0 aliphatic heterocycles. The van der Waals surface area contributed by atoms with Gasteiger partial charge in [0.25, 0.3) is 5.91 Å². The number of fused-ring (bicyclic) bond motifs is 1. The zero-order chi connectivity index (χ0) is 19.6. The fourth-order valence-corrected chi connectivity index (χ4v) is 2.63. The van der Waals surface area contributed by atoms with Gasteiger partial charge >= 0.3 is 0 Å². The van der Waals surface area contributed by atoms with E-state index < -0.39 is 24.7 Å². The highest BCUT2D eigenvalue weighted by atomic mass is 16.5. The Labute approximate surface area is 155 Å². The van der Waals surface area contributed by atoms with Crippen molar-refractivity contribution < 1.29 is 24.2 Å². The molecule has 144 valence electrons. The van der Waals surface area contributed by atoms with Crippen LogP contribution in [0.15, 0.2) is 28.8 Å². The van der Waals surface area contributed by atoms with Gasteiger partial charge in [0.05, 0.1) is 30.5 Å². The molecule has 27 heavy (non-hydrogen) atoms. The van der Waals surface area contributed by atoms with Crippen LogP contribution in [0.25, 0.3) is 10.9 Å². The van der Waals surface area contributed by atoms with Crippen LogP contribution in [0.2, 0.25) is 0 Å². The van der Waals surface area contributed by atoms with Crippen LogP contribution in [0.1, 0.15) is 29.1 Å². The molecule has 2 heterocycles. The van der Waals surface area contributed by atoms with E-state index in [9.17, 15) is 15.0 Å². The van der Waals surface area contributed by atoms with Crippen LogP contribution >= 0.6 is 0 Å². The lowest BCUT2D eigenvalue weighted by Gasteiger charge is -2.26. The number of carbonyl (C=O) groups excluding carboxylic acids is 1. The number of nitrogens with one attached hydrogen (secondary N) is 1. The average molecular weight is 374 g/mol. The van der Waals surface area contributed by atoms with Crippen LogP contribution in [-0.4, -0.2) is 49.6 Å². The first kappa shape index (κ1) is 18.9. The molecule has 3 rings (SSSR count). The predicted octanol–water partition coefficient (Wildman–Crippen LogP) is 0.922. The largest absolute Gasteiger partial charge is 0.486 e. The number of ether oxygens (including phenoxy) is 1. The number of aliphatic hydroxyl groups excluding tert-OH is 2. The summed E-state index contributed by atoms with van der Waals surface area (Å²) in [6.07, 6.45) is 1.60. The Bertz CT molecular complexity index is 958. The number of benzene rings is 1. The summed E-state index contributed by atoms with van der Waals surface area (Å²) in [6.45, 7) is 2.73. The van der Waals surface area contributed by atoms with E-state index in [1.54, 1.807) is 45.3 Å². The number of hydrogen-bond donors (Lipinski definition) is 3. The lowest BCUT2D eigenvalue weighted by atomic mass is 10.0. The van der Waals surface area contributed by atoms with Crippen molar-refractivity contribution in [3.63, 3.8) is 0 Å². The van der Waals surface area contributed by atoms with E-state index in [4.69, 9.17) is 9.15 Å². The van der Waals surface area contributed by atoms with Crippen LogP contribution in [-0.2, 0) is 13.7 Å². The number of aliphatic hydroxyl groups is 2. The first-order chi connectivity index (χ1) is 12.8. The van der Waals surface area contributed by atoms with E-state index in [0.717, 1.165) is 0 Å². The highest BCUT2D eigenvalue weighted by Gasteiger charge is 2.27. The summed E-state index contributed by atoms with van der Waals surface area (Å²) in [4.78, 5) is 16.7. The Morgan fingerprint density at radius 3 is 2.74 bits per heavy atom. The van der Waals surface area contributed by atoms with E-state index in [-0.39, 0.29) is 6.61 Å². The maximum atomic E-state index is 12.7. The fourth-order valence-electron chi connectivity index (χ4n) is 2.63. The van der Waals surface area contributed by atoms with E-state index in [1.807, 2.05) is 0 Å². The zero-order valence-corrected chi connectivity index (χ0v) is 15.4. The van der Waals surface area contributed by atoms with Gasteiger partial charge < -0.3 is 24.7 Å². The summed E-state index contributed by atoms with van der Waals surface area (Å²) in [5.41, 5.74) is -0.203. The fraction of sp³-hybridized carbons (Fsp3) is 0.389. The minimum atomic E-state index is -1.13. The van der Waals surface area contributed by atoms with Gasteiger partial charge in [-0.25, -0.2) is 4.98 Å². The third kappa shape index (κ3) is 3.93.